The van der Waals surface area contributed by atoms with E-state index < -0.39 is 0 Å². The van der Waals surface area contributed by atoms with Crippen LogP contribution < -0.4 is 10.6 Å². The molecule has 0 aliphatic rings. The Balaban J connectivity index is 2.16. The van der Waals surface area contributed by atoms with E-state index in [0.717, 1.165) is 26.1 Å². The van der Waals surface area contributed by atoms with Gasteiger partial charge in [0.1, 0.15) is 0 Å². The van der Waals surface area contributed by atoms with Gasteiger partial charge in [-0.2, -0.15) is 0 Å². The summed E-state index contributed by atoms with van der Waals surface area (Å²) >= 11 is 1.85. The van der Waals surface area contributed by atoms with Crippen LogP contribution in [0.15, 0.2) is 11.4 Å². The summed E-state index contributed by atoms with van der Waals surface area (Å²) in [6.45, 7) is 11.9. The predicted molar refractivity (Wildman–Crippen MR) is 73.2 cm³/mol. The van der Waals surface area contributed by atoms with E-state index in [1.54, 1.807) is 0 Å². The average Bonchev–Trinajstić information content (AvgIpc) is 2.63. The van der Waals surface area contributed by atoms with Gasteiger partial charge in [0.15, 0.2) is 0 Å². The minimum absolute atomic E-state index is 0.221. The Morgan fingerprint density at radius 1 is 1.25 bits per heavy atom. The maximum atomic E-state index is 3.48. The highest BCUT2D eigenvalue weighted by Crippen LogP contribution is 2.16. The first kappa shape index (κ1) is 13.7. The van der Waals surface area contributed by atoms with Gasteiger partial charge in [-0.25, -0.2) is 0 Å². The van der Waals surface area contributed by atoms with Crippen molar-refractivity contribution in [2.24, 2.45) is 0 Å². The third kappa shape index (κ3) is 5.10. The van der Waals surface area contributed by atoms with Crippen LogP contribution in [-0.2, 0) is 13.0 Å². The van der Waals surface area contributed by atoms with Crippen LogP contribution in [-0.4, -0.2) is 18.6 Å². The number of hydrogen-bond acceptors (Lipinski definition) is 3. The van der Waals surface area contributed by atoms with Gasteiger partial charge in [-0.05, 0) is 44.2 Å². The van der Waals surface area contributed by atoms with Crippen LogP contribution in [0.2, 0.25) is 0 Å². The summed E-state index contributed by atoms with van der Waals surface area (Å²) in [6, 6.07) is 2.23. The fourth-order valence-electron chi connectivity index (χ4n) is 1.56. The summed E-state index contributed by atoms with van der Waals surface area (Å²) in [4.78, 5) is 1.48. The molecule has 0 spiro atoms. The van der Waals surface area contributed by atoms with Gasteiger partial charge in [0.25, 0.3) is 0 Å². The SMILES string of the molecule is CCc1ccsc1CNCCNC(C)(C)C. The maximum absolute atomic E-state index is 3.48. The molecule has 0 saturated heterocycles. The third-order valence-electron chi connectivity index (χ3n) is 2.46. The van der Waals surface area contributed by atoms with E-state index in [2.05, 4.69) is 49.8 Å². The van der Waals surface area contributed by atoms with Gasteiger partial charge in [0.05, 0.1) is 0 Å². The lowest BCUT2D eigenvalue weighted by Gasteiger charge is -2.20. The Morgan fingerprint density at radius 2 is 2.00 bits per heavy atom. The van der Waals surface area contributed by atoms with Gasteiger partial charge >= 0.3 is 0 Å². The van der Waals surface area contributed by atoms with Crippen molar-refractivity contribution in [1.82, 2.24) is 10.6 Å². The molecule has 1 aromatic heterocycles. The molecule has 16 heavy (non-hydrogen) atoms. The van der Waals surface area contributed by atoms with Gasteiger partial charge in [-0.15, -0.1) is 11.3 Å². The molecule has 1 aromatic rings. The number of hydrogen-bond donors (Lipinski definition) is 2. The summed E-state index contributed by atoms with van der Waals surface area (Å²) in [5.74, 6) is 0. The quantitative estimate of drug-likeness (QED) is 0.747. The highest BCUT2D eigenvalue weighted by atomic mass is 32.1. The monoisotopic (exact) mass is 240 g/mol. The van der Waals surface area contributed by atoms with Crippen molar-refractivity contribution in [1.29, 1.82) is 0 Å². The summed E-state index contributed by atoms with van der Waals surface area (Å²) in [6.07, 6.45) is 1.14. The Morgan fingerprint density at radius 3 is 2.62 bits per heavy atom. The summed E-state index contributed by atoms with van der Waals surface area (Å²) < 4.78 is 0. The van der Waals surface area contributed by atoms with Crippen molar-refractivity contribution in [3.8, 4) is 0 Å². The molecular weight excluding hydrogens is 216 g/mol. The predicted octanol–water partition coefficient (Wildman–Crippen LogP) is 2.79. The van der Waals surface area contributed by atoms with Crippen molar-refractivity contribution in [2.45, 2.75) is 46.2 Å². The fourth-order valence-corrected chi connectivity index (χ4v) is 2.51. The Kier molecular flexibility index (Phi) is 5.46. The highest BCUT2D eigenvalue weighted by molar-refractivity contribution is 7.10. The first-order valence-corrected chi connectivity index (χ1v) is 6.92. The van der Waals surface area contributed by atoms with Crippen molar-refractivity contribution >= 4 is 11.3 Å². The molecular formula is C13H24N2S. The molecule has 0 aromatic carbocycles. The molecule has 1 rings (SSSR count). The van der Waals surface area contributed by atoms with E-state index in [4.69, 9.17) is 0 Å². The van der Waals surface area contributed by atoms with Crippen molar-refractivity contribution in [3.63, 3.8) is 0 Å². The highest BCUT2D eigenvalue weighted by Gasteiger charge is 2.07. The average molecular weight is 240 g/mol. The van der Waals surface area contributed by atoms with E-state index in [-0.39, 0.29) is 5.54 Å². The molecule has 0 unspecified atom stereocenters. The van der Waals surface area contributed by atoms with Crippen LogP contribution in [0.3, 0.4) is 0 Å². The molecule has 0 aliphatic carbocycles. The molecule has 2 nitrogen and oxygen atoms in total. The van der Waals surface area contributed by atoms with Crippen molar-refractivity contribution in [3.05, 3.63) is 21.9 Å². The molecule has 0 amide bonds. The van der Waals surface area contributed by atoms with E-state index in [1.807, 2.05) is 11.3 Å². The van der Waals surface area contributed by atoms with Crippen LogP contribution in [0.1, 0.15) is 38.1 Å². The fraction of sp³-hybridized carbons (Fsp3) is 0.692. The first-order valence-electron chi connectivity index (χ1n) is 6.04. The van der Waals surface area contributed by atoms with E-state index in [9.17, 15) is 0 Å². The molecule has 0 bridgehead atoms. The van der Waals surface area contributed by atoms with Crippen LogP contribution in [0, 0.1) is 0 Å². The largest absolute Gasteiger partial charge is 0.311 e. The number of aryl methyl sites for hydroxylation is 1. The number of rotatable bonds is 6. The lowest BCUT2D eigenvalue weighted by atomic mass is 10.1. The zero-order valence-corrected chi connectivity index (χ0v) is 11.7. The second-order valence-electron chi connectivity index (χ2n) is 5.08. The minimum Gasteiger partial charge on any atom is -0.311 e. The normalized spacial score (nSPS) is 12.0. The zero-order valence-electron chi connectivity index (χ0n) is 10.9. The molecule has 3 heteroatoms. The van der Waals surface area contributed by atoms with Crippen LogP contribution in [0.5, 0.6) is 0 Å². The van der Waals surface area contributed by atoms with Gasteiger partial charge < -0.3 is 10.6 Å². The molecule has 2 N–H and O–H groups in total. The second kappa shape index (κ2) is 6.38. The molecule has 0 atom stereocenters. The van der Waals surface area contributed by atoms with E-state index in [1.165, 1.54) is 10.4 Å². The van der Waals surface area contributed by atoms with Crippen LogP contribution >= 0.6 is 11.3 Å². The molecule has 0 saturated carbocycles. The summed E-state index contributed by atoms with van der Waals surface area (Å²) in [5, 5.41) is 9.14. The van der Waals surface area contributed by atoms with Crippen LogP contribution in [0.25, 0.3) is 0 Å². The van der Waals surface area contributed by atoms with Crippen LogP contribution in [0.4, 0.5) is 0 Å². The van der Waals surface area contributed by atoms with Gasteiger partial charge in [-0.3, -0.25) is 0 Å². The smallest absolute Gasteiger partial charge is 0.0303 e. The maximum Gasteiger partial charge on any atom is 0.0303 e. The molecule has 0 fully saturated rings. The Hall–Kier alpha value is -0.380. The van der Waals surface area contributed by atoms with Gasteiger partial charge in [0, 0.05) is 30.1 Å². The standard InChI is InChI=1S/C13H24N2S/c1-5-11-6-9-16-12(11)10-14-7-8-15-13(2,3)4/h6,9,14-15H,5,7-8,10H2,1-4H3. The number of nitrogens with one attached hydrogen (secondary N) is 2. The number of thiophene rings is 1. The second-order valence-corrected chi connectivity index (χ2v) is 6.08. The van der Waals surface area contributed by atoms with Gasteiger partial charge in [-0.1, -0.05) is 6.92 Å². The van der Waals surface area contributed by atoms with Crippen molar-refractivity contribution < 1.29 is 0 Å². The molecule has 0 aliphatic heterocycles. The lowest BCUT2D eigenvalue weighted by Crippen LogP contribution is -2.40. The van der Waals surface area contributed by atoms with Crippen molar-refractivity contribution in [2.75, 3.05) is 13.1 Å². The topological polar surface area (TPSA) is 24.1 Å². The Bertz CT molecular complexity index is 299. The first-order chi connectivity index (χ1) is 7.53. The zero-order chi connectivity index (χ0) is 12.0. The van der Waals surface area contributed by atoms with E-state index in [0.29, 0.717) is 0 Å². The van der Waals surface area contributed by atoms with E-state index >= 15 is 0 Å². The lowest BCUT2D eigenvalue weighted by molar-refractivity contribution is 0.421. The Labute approximate surface area is 103 Å². The summed E-state index contributed by atoms with van der Waals surface area (Å²) in [5.41, 5.74) is 1.71. The molecule has 1 heterocycles. The molecule has 0 radical (unpaired) electrons. The molecule has 92 valence electrons. The summed E-state index contributed by atoms with van der Waals surface area (Å²) in [7, 11) is 0. The van der Waals surface area contributed by atoms with Gasteiger partial charge in [0.2, 0.25) is 0 Å². The minimum atomic E-state index is 0.221. The third-order valence-corrected chi connectivity index (χ3v) is 3.42.